The summed E-state index contributed by atoms with van der Waals surface area (Å²) < 4.78 is 0. The van der Waals surface area contributed by atoms with Crippen LogP contribution in [0.15, 0.2) is 122 Å². The number of allylic oxidation sites excluding steroid dienone is 19. The summed E-state index contributed by atoms with van der Waals surface area (Å²) in [6, 6.07) is -0.658. The van der Waals surface area contributed by atoms with Crippen LogP contribution in [-0.2, 0) is 4.79 Å². The largest absolute Gasteiger partial charge is 0.394 e. The van der Waals surface area contributed by atoms with E-state index in [4.69, 9.17) is 0 Å². The highest BCUT2D eigenvalue weighted by atomic mass is 16.3. The number of hydrogen-bond donors (Lipinski definition) is 3. The maximum absolute atomic E-state index is 12.5. The van der Waals surface area contributed by atoms with Gasteiger partial charge in [-0.15, -0.1) is 0 Å². The Labute approximate surface area is 448 Å². The van der Waals surface area contributed by atoms with Gasteiger partial charge in [-0.2, -0.15) is 0 Å². The van der Waals surface area contributed by atoms with Crippen molar-refractivity contribution in [1.29, 1.82) is 0 Å². The molecule has 0 aliphatic rings. The van der Waals surface area contributed by atoms with Crippen molar-refractivity contribution in [3.05, 3.63) is 122 Å². The Morgan fingerprint density at radius 1 is 0.347 bits per heavy atom. The van der Waals surface area contributed by atoms with E-state index in [1.165, 1.54) is 167 Å². The summed E-state index contributed by atoms with van der Waals surface area (Å²) in [4.78, 5) is 12.5. The van der Waals surface area contributed by atoms with Crippen LogP contribution in [0.1, 0.15) is 284 Å². The highest BCUT2D eigenvalue weighted by Crippen LogP contribution is 2.16. The lowest BCUT2D eigenvalue weighted by Crippen LogP contribution is -2.45. The van der Waals surface area contributed by atoms with Crippen LogP contribution in [0.4, 0.5) is 0 Å². The van der Waals surface area contributed by atoms with Crippen molar-refractivity contribution in [2.75, 3.05) is 6.61 Å². The Morgan fingerprint density at radius 2 is 0.625 bits per heavy atom. The van der Waals surface area contributed by atoms with E-state index in [9.17, 15) is 15.0 Å². The molecule has 0 heterocycles. The molecule has 0 aromatic heterocycles. The van der Waals surface area contributed by atoms with Crippen LogP contribution < -0.4 is 5.32 Å². The van der Waals surface area contributed by atoms with Gasteiger partial charge < -0.3 is 15.5 Å². The minimum Gasteiger partial charge on any atom is -0.394 e. The molecule has 0 aliphatic heterocycles. The fraction of sp³-hybridized carbons (Fsp3) is 0.691. The van der Waals surface area contributed by atoms with Crippen molar-refractivity contribution < 1.29 is 15.0 Å². The Morgan fingerprint density at radius 3 is 0.972 bits per heavy atom. The van der Waals surface area contributed by atoms with Gasteiger partial charge >= 0.3 is 0 Å². The van der Waals surface area contributed by atoms with E-state index in [0.29, 0.717) is 6.42 Å². The van der Waals surface area contributed by atoms with E-state index in [-0.39, 0.29) is 12.5 Å². The summed E-state index contributed by atoms with van der Waals surface area (Å²) in [6.45, 7) is 4.19. The fourth-order valence-electron chi connectivity index (χ4n) is 8.80. The highest BCUT2D eigenvalue weighted by Gasteiger charge is 2.18. The number of carbonyl (C=O) groups is 1. The molecule has 0 bridgehead atoms. The first-order valence-electron chi connectivity index (χ1n) is 30.7. The van der Waals surface area contributed by atoms with Gasteiger partial charge in [0.1, 0.15) is 0 Å². The topological polar surface area (TPSA) is 69.6 Å². The molecule has 0 aromatic carbocycles. The van der Waals surface area contributed by atoms with Crippen molar-refractivity contribution in [3.63, 3.8) is 0 Å². The summed E-state index contributed by atoms with van der Waals surface area (Å²) in [6.07, 6.45) is 95.2. The van der Waals surface area contributed by atoms with Crippen LogP contribution in [0.2, 0.25) is 0 Å². The molecule has 0 saturated carbocycles. The zero-order valence-corrected chi connectivity index (χ0v) is 47.4. The van der Waals surface area contributed by atoms with Crippen LogP contribution in [0, 0.1) is 0 Å². The minimum absolute atomic E-state index is 0.0911. The summed E-state index contributed by atoms with van der Waals surface area (Å²) >= 11 is 0. The Balaban J connectivity index is 3.62. The van der Waals surface area contributed by atoms with Gasteiger partial charge in [0.15, 0.2) is 0 Å². The maximum Gasteiger partial charge on any atom is 0.220 e. The third-order valence-electron chi connectivity index (χ3n) is 13.4. The lowest BCUT2D eigenvalue weighted by atomic mass is 10.0. The molecule has 2 unspecified atom stereocenters. The molecule has 0 fully saturated rings. The first kappa shape index (κ1) is 68.8. The van der Waals surface area contributed by atoms with Crippen molar-refractivity contribution in [1.82, 2.24) is 5.32 Å². The zero-order chi connectivity index (χ0) is 52.0. The number of rotatable bonds is 55. The molecule has 3 N–H and O–H groups in total. The molecule has 412 valence electrons. The molecule has 72 heavy (non-hydrogen) atoms. The van der Waals surface area contributed by atoms with Gasteiger partial charge in [0, 0.05) is 6.42 Å². The van der Waals surface area contributed by atoms with Gasteiger partial charge in [-0.05, 0) is 96.3 Å². The van der Waals surface area contributed by atoms with Crippen LogP contribution in [0.3, 0.4) is 0 Å². The first-order chi connectivity index (χ1) is 35.7. The molecule has 1 amide bonds. The van der Waals surface area contributed by atoms with Gasteiger partial charge in [0.25, 0.3) is 0 Å². The fourth-order valence-corrected chi connectivity index (χ4v) is 8.80. The SMILES string of the molecule is CC/C=C\C/C=C\C/C=C\C/C=C\C/C=C\C/C=C\C/C=C\C/C=C\CCCCCCCCC(=O)NC(CO)C(O)/C=C/CC/C=C/CCCCCCCCCCCCCCCCCCCCCCCCC. The van der Waals surface area contributed by atoms with E-state index < -0.39 is 12.1 Å². The number of unbranched alkanes of at least 4 members (excludes halogenated alkanes) is 30. The van der Waals surface area contributed by atoms with E-state index in [0.717, 1.165) is 96.3 Å². The quantitative estimate of drug-likeness (QED) is 0.0420. The monoisotopic (exact) mass is 996 g/mol. The standard InChI is InChI=1S/C68H117NO3/c1-3-5-7-9-11-13-15-17-19-21-23-25-27-29-31-33-34-36-38-40-42-44-46-48-50-52-54-56-58-60-62-64-68(72)69-66(65-70)67(71)63-61-59-57-55-53-51-49-47-45-43-41-39-37-35-32-30-28-26-24-22-20-18-16-14-12-10-8-6-4-2/h5,7,11,13,17,19,23,25,29,31,34,36,40,42,46,48,53,55,61,63,66-67,70-71H,3-4,6,8-10,12,14-16,18,20-22,24,26-28,30,32-33,35,37-39,41,43-45,47,49-52,54,56-60,62,64-65H2,1-2H3,(H,69,72)/b7-5-,13-11-,19-17-,25-23-,31-29-,36-34-,42-40-,48-46-,55-53+,63-61+. The highest BCUT2D eigenvalue weighted by molar-refractivity contribution is 5.76. The number of nitrogens with one attached hydrogen (secondary N) is 1. The number of amides is 1. The van der Waals surface area contributed by atoms with Crippen LogP contribution in [0.25, 0.3) is 0 Å². The summed E-state index contributed by atoms with van der Waals surface area (Å²) in [5.41, 5.74) is 0. The summed E-state index contributed by atoms with van der Waals surface area (Å²) in [7, 11) is 0. The zero-order valence-electron chi connectivity index (χ0n) is 47.4. The molecule has 0 aliphatic carbocycles. The average molecular weight is 997 g/mol. The van der Waals surface area contributed by atoms with Crippen LogP contribution >= 0.6 is 0 Å². The number of carbonyl (C=O) groups excluding carboxylic acids is 1. The van der Waals surface area contributed by atoms with Gasteiger partial charge in [-0.25, -0.2) is 0 Å². The van der Waals surface area contributed by atoms with E-state index in [1.807, 2.05) is 6.08 Å². The van der Waals surface area contributed by atoms with Crippen molar-refractivity contribution >= 4 is 5.91 Å². The third-order valence-corrected chi connectivity index (χ3v) is 13.4. The normalized spacial score (nSPS) is 13.7. The average Bonchev–Trinajstić information content (AvgIpc) is 3.39. The van der Waals surface area contributed by atoms with Gasteiger partial charge in [-0.3, -0.25) is 4.79 Å². The van der Waals surface area contributed by atoms with Gasteiger partial charge in [0.05, 0.1) is 18.8 Å². The maximum atomic E-state index is 12.5. The second-order valence-corrected chi connectivity index (χ2v) is 20.4. The molecule has 0 saturated heterocycles. The smallest absolute Gasteiger partial charge is 0.220 e. The third kappa shape index (κ3) is 57.7. The Kier molecular flexibility index (Phi) is 59.3. The molecular weight excluding hydrogens is 879 g/mol. The van der Waals surface area contributed by atoms with E-state index >= 15 is 0 Å². The minimum atomic E-state index is -0.879. The number of aliphatic hydroxyl groups excluding tert-OH is 2. The number of hydrogen-bond acceptors (Lipinski definition) is 3. The molecule has 0 radical (unpaired) electrons. The lowest BCUT2D eigenvalue weighted by Gasteiger charge is -2.19. The predicted octanol–water partition coefficient (Wildman–Crippen LogP) is 20.8. The lowest BCUT2D eigenvalue weighted by molar-refractivity contribution is -0.123. The molecule has 4 nitrogen and oxygen atoms in total. The predicted molar refractivity (Wildman–Crippen MR) is 322 cm³/mol. The van der Waals surface area contributed by atoms with Crippen LogP contribution in [0.5, 0.6) is 0 Å². The molecular formula is C68H117NO3. The summed E-state index contributed by atoms with van der Waals surface area (Å²) in [5, 5.41) is 23.2. The van der Waals surface area contributed by atoms with Crippen molar-refractivity contribution in [2.45, 2.75) is 296 Å². The van der Waals surface area contributed by atoms with Crippen molar-refractivity contribution in [2.24, 2.45) is 0 Å². The van der Waals surface area contributed by atoms with Gasteiger partial charge in [0.2, 0.25) is 5.91 Å². The first-order valence-corrected chi connectivity index (χ1v) is 30.7. The number of aliphatic hydroxyl groups is 2. The summed E-state index contributed by atoms with van der Waals surface area (Å²) in [5.74, 6) is -0.0911. The Bertz CT molecular complexity index is 1410. The second-order valence-electron chi connectivity index (χ2n) is 20.4. The molecule has 4 heteroatoms. The van der Waals surface area contributed by atoms with Gasteiger partial charge in [-0.1, -0.05) is 302 Å². The molecule has 2 atom stereocenters. The molecule has 0 aromatic rings. The Hall–Kier alpha value is -3.21. The van der Waals surface area contributed by atoms with Crippen molar-refractivity contribution in [3.8, 4) is 0 Å². The second kappa shape index (κ2) is 62.1. The van der Waals surface area contributed by atoms with E-state index in [1.54, 1.807) is 6.08 Å². The van der Waals surface area contributed by atoms with E-state index in [2.05, 4.69) is 129 Å². The van der Waals surface area contributed by atoms with Crippen LogP contribution in [-0.4, -0.2) is 34.9 Å². The molecule has 0 rings (SSSR count). The molecule has 0 spiro atoms.